The van der Waals surface area contributed by atoms with Crippen LogP contribution >= 0.6 is 0 Å². The van der Waals surface area contributed by atoms with Crippen molar-refractivity contribution in [2.45, 2.75) is 71.5 Å². The summed E-state index contributed by atoms with van der Waals surface area (Å²) in [7, 11) is 0. The molecule has 2 aromatic rings. The number of esters is 1. The summed E-state index contributed by atoms with van der Waals surface area (Å²) < 4.78 is 18.0. The van der Waals surface area contributed by atoms with Crippen LogP contribution in [0.5, 0.6) is 5.75 Å². The summed E-state index contributed by atoms with van der Waals surface area (Å²) in [4.78, 5) is 28.7. The molecule has 0 spiro atoms. The van der Waals surface area contributed by atoms with Gasteiger partial charge in [-0.15, -0.1) is 0 Å². The normalized spacial score (nSPS) is 35.6. The second kappa shape index (κ2) is 7.46. The smallest absolute Gasteiger partial charge is 0.343 e. The van der Waals surface area contributed by atoms with Gasteiger partial charge in [0.1, 0.15) is 23.2 Å². The third kappa shape index (κ3) is 3.26. The van der Waals surface area contributed by atoms with Gasteiger partial charge in [0.15, 0.2) is 0 Å². The zero-order chi connectivity index (χ0) is 22.7. The molecule has 6 nitrogen and oxygen atoms in total. The highest BCUT2D eigenvalue weighted by Crippen LogP contribution is 2.62. The van der Waals surface area contributed by atoms with E-state index < -0.39 is 0 Å². The van der Waals surface area contributed by atoms with E-state index in [4.69, 9.17) is 13.9 Å². The quantitative estimate of drug-likeness (QED) is 0.629. The Morgan fingerprint density at radius 3 is 2.81 bits per heavy atom. The first kappa shape index (κ1) is 21.2. The van der Waals surface area contributed by atoms with Crippen LogP contribution in [0.1, 0.15) is 58.9 Å². The van der Waals surface area contributed by atoms with Crippen molar-refractivity contribution >= 4 is 5.97 Å². The molecule has 0 N–H and O–H groups in total. The van der Waals surface area contributed by atoms with Gasteiger partial charge in [-0.1, -0.05) is 13.8 Å². The Balaban J connectivity index is 1.51. The van der Waals surface area contributed by atoms with Crippen LogP contribution in [0.15, 0.2) is 39.8 Å². The number of pyridine rings is 1. The van der Waals surface area contributed by atoms with Crippen molar-refractivity contribution in [2.75, 3.05) is 0 Å². The van der Waals surface area contributed by atoms with Gasteiger partial charge in [0, 0.05) is 36.9 Å². The molecule has 6 heteroatoms. The number of nitrogens with zero attached hydrogens (tertiary/aromatic N) is 1. The summed E-state index contributed by atoms with van der Waals surface area (Å²) in [6, 6.07) is 5.55. The summed E-state index contributed by atoms with van der Waals surface area (Å²) >= 11 is 0. The Hall–Kier alpha value is -2.63. The molecule has 2 fully saturated rings. The van der Waals surface area contributed by atoms with Crippen molar-refractivity contribution in [2.24, 2.45) is 23.2 Å². The average Bonchev–Trinajstić information content (AvgIpc) is 2.75. The fourth-order valence-corrected chi connectivity index (χ4v) is 6.68. The van der Waals surface area contributed by atoms with E-state index >= 15 is 0 Å². The topological polar surface area (TPSA) is 78.6 Å². The maximum atomic E-state index is 13.0. The highest BCUT2D eigenvalue weighted by Gasteiger charge is 2.61. The molecule has 0 amide bonds. The first-order valence-electron chi connectivity index (χ1n) is 11.6. The fraction of sp³-hybridized carbons (Fsp3) is 0.577. The van der Waals surface area contributed by atoms with Crippen LogP contribution < -0.4 is 10.4 Å². The molecule has 2 saturated carbocycles. The second-order valence-corrected chi connectivity index (χ2v) is 10.4. The lowest BCUT2D eigenvalue weighted by molar-refractivity contribution is -0.181. The number of carbonyl (C=O) groups excluding carboxylic acids is 1. The van der Waals surface area contributed by atoms with Crippen LogP contribution in [-0.2, 0) is 16.0 Å². The van der Waals surface area contributed by atoms with Crippen LogP contribution in [0.2, 0.25) is 0 Å². The van der Waals surface area contributed by atoms with E-state index in [-0.39, 0.29) is 34.6 Å². The Morgan fingerprint density at radius 1 is 1.28 bits per heavy atom. The molecular weight excluding hydrogens is 406 g/mol. The van der Waals surface area contributed by atoms with Gasteiger partial charge in [-0.2, -0.15) is 0 Å². The zero-order valence-corrected chi connectivity index (χ0v) is 19.2. The fourth-order valence-electron chi connectivity index (χ4n) is 6.68. The van der Waals surface area contributed by atoms with Gasteiger partial charge >= 0.3 is 11.6 Å². The van der Waals surface area contributed by atoms with Crippen molar-refractivity contribution in [3.05, 3.63) is 46.6 Å². The Bertz CT molecular complexity index is 1100. The van der Waals surface area contributed by atoms with E-state index in [1.165, 1.54) is 6.92 Å². The van der Waals surface area contributed by atoms with Gasteiger partial charge in [0.25, 0.3) is 0 Å². The predicted octanol–water partition coefficient (Wildman–Crippen LogP) is 4.79. The van der Waals surface area contributed by atoms with E-state index in [1.54, 1.807) is 12.4 Å². The minimum Gasteiger partial charge on any atom is -0.486 e. The molecule has 32 heavy (non-hydrogen) atoms. The van der Waals surface area contributed by atoms with Crippen molar-refractivity contribution in [3.8, 4) is 17.1 Å². The summed E-state index contributed by atoms with van der Waals surface area (Å²) in [6.45, 7) is 8.29. The Labute approximate surface area is 188 Å². The van der Waals surface area contributed by atoms with Gasteiger partial charge in [0.05, 0.1) is 5.56 Å². The summed E-state index contributed by atoms with van der Waals surface area (Å²) in [5, 5.41) is 0. The first-order valence-corrected chi connectivity index (χ1v) is 11.6. The monoisotopic (exact) mass is 437 g/mol. The molecule has 0 radical (unpaired) electrons. The molecule has 2 aliphatic carbocycles. The molecular formula is C26H31NO5. The number of hydrogen-bond acceptors (Lipinski definition) is 6. The van der Waals surface area contributed by atoms with E-state index in [0.29, 0.717) is 35.3 Å². The number of carbonyl (C=O) groups is 1. The van der Waals surface area contributed by atoms with Crippen molar-refractivity contribution < 1.29 is 18.7 Å². The maximum Gasteiger partial charge on any atom is 0.343 e. The summed E-state index contributed by atoms with van der Waals surface area (Å²) in [5.41, 5.74) is 0.721. The summed E-state index contributed by atoms with van der Waals surface area (Å²) in [5.74, 6) is 1.86. The van der Waals surface area contributed by atoms with E-state index in [9.17, 15) is 9.59 Å². The highest BCUT2D eigenvalue weighted by molar-refractivity contribution is 5.66. The van der Waals surface area contributed by atoms with E-state index in [1.807, 2.05) is 18.2 Å². The number of ether oxygens (including phenoxy) is 2. The van der Waals surface area contributed by atoms with Crippen LogP contribution in [0.4, 0.5) is 0 Å². The molecule has 0 bridgehead atoms. The van der Waals surface area contributed by atoms with E-state index in [2.05, 4.69) is 25.8 Å². The van der Waals surface area contributed by atoms with Gasteiger partial charge in [-0.25, -0.2) is 4.79 Å². The molecule has 2 aromatic heterocycles. The van der Waals surface area contributed by atoms with Crippen LogP contribution in [-0.4, -0.2) is 22.7 Å². The molecule has 170 valence electrons. The minimum absolute atomic E-state index is 0.00830. The lowest BCUT2D eigenvalue weighted by atomic mass is 9.47. The lowest BCUT2D eigenvalue weighted by Crippen LogP contribution is -2.63. The summed E-state index contributed by atoms with van der Waals surface area (Å²) in [6.07, 6.45) is 7.74. The first-order chi connectivity index (χ1) is 15.2. The molecule has 3 heterocycles. The van der Waals surface area contributed by atoms with Gasteiger partial charge in [-0.05, 0) is 68.4 Å². The number of hydrogen-bond donors (Lipinski definition) is 0. The largest absolute Gasteiger partial charge is 0.486 e. The number of fused-ring (bicyclic) bond motifs is 4. The molecule has 5 rings (SSSR count). The molecule has 0 aromatic carbocycles. The molecule has 3 aliphatic rings. The maximum absolute atomic E-state index is 13.0. The standard InChI is InChI=1S/C26H31NO5/c1-15-10-18-11-19(30-16(2)28)7-8-25(18,3)23-12-20-22(32-26(15,23)4)13-21(31-24(20)29)17-6-5-9-27-14-17/h5-6,9,13-15,18-19,23H,7-8,10-12H2,1-4H3/t15-,18?,19-,23?,25-,26+/m0/s1. The minimum atomic E-state index is -0.369. The Kier molecular flexibility index (Phi) is 4.95. The van der Waals surface area contributed by atoms with Crippen LogP contribution in [0, 0.1) is 23.2 Å². The zero-order valence-electron chi connectivity index (χ0n) is 19.2. The third-order valence-electron chi connectivity index (χ3n) is 8.62. The van der Waals surface area contributed by atoms with Crippen LogP contribution in [0.25, 0.3) is 11.3 Å². The highest BCUT2D eigenvalue weighted by atomic mass is 16.5. The van der Waals surface area contributed by atoms with Crippen molar-refractivity contribution in [3.63, 3.8) is 0 Å². The van der Waals surface area contributed by atoms with Crippen LogP contribution in [0.3, 0.4) is 0 Å². The van der Waals surface area contributed by atoms with E-state index in [0.717, 1.165) is 31.2 Å². The SMILES string of the molecule is CC(=O)O[C@H]1CC[C@@]2(C)C(C1)C[C@H](C)[C@@]1(C)Oc3cc(-c4cccnc4)oc(=O)c3CC21. The van der Waals surface area contributed by atoms with Crippen molar-refractivity contribution in [1.82, 2.24) is 4.98 Å². The average molecular weight is 438 g/mol. The van der Waals surface area contributed by atoms with Gasteiger partial charge in [0.2, 0.25) is 0 Å². The van der Waals surface area contributed by atoms with Gasteiger partial charge < -0.3 is 13.9 Å². The molecule has 6 atom stereocenters. The molecule has 2 unspecified atom stereocenters. The predicted molar refractivity (Wildman–Crippen MR) is 119 cm³/mol. The molecule has 1 aliphatic heterocycles. The number of rotatable bonds is 2. The second-order valence-electron chi connectivity index (χ2n) is 10.4. The number of aromatic nitrogens is 1. The molecule has 0 saturated heterocycles. The lowest BCUT2D eigenvalue weighted by Gasteiger charge is -2.62. The van der Waals surface area contributed by atoms with Crippen molar-refractivity contribution in [1.29, 1.82) is 0 Å². The Morgan fingerprint density at radius 2 is 2.09 bits per heavy atom. The van der Waals surface area contributed by atoms with Gasteiger partial charge in [-0.3, -0.25) is 9.78 Å². The third-order valence-corrected chi connectivity index (χ3v) is 8.62.